The van der Waals surface area contributed by atoms with Gasteiger partial charge in [-0.15, -0.1) is 0 Å². The molecule has 19 heavy (non-hydrogen) atoms. The molecule has 1 N–H and O–H groups in total. The fraction of sp³-hybridized carbons (Fsp3) is 0.364. The van der Waals surface area contributed by atoms with E-state index in [1.165, 1.54) is 10.4 Å². The van der Waals surface area contributed by atoms with Gasteiger partial charge in [-0.05, 0) is 18.2 Å². The molecule has 102 valence electrons. The van der Waals surface area contributed by atoms with E-state index in [0.717, 1.165) is 12.1 Å². The first-order chi connectivity index (χ1) is 9.03. The minimum absolute atomic E-state index is 0.0585. The molecular formula is C11H12FN3O3S. The minimum atomic E-state index is -3.75. The van der Waals surface area contributed by atoms with Crippen LogP contribution in [0.5, 0.6) is 0 Å². The molecule has 0 unspecified atom stereocenters. The highest BCUT2D eigenvalue weighted by Gasteiger charge is 2.24. The molecule has 8 heteroatoms. The maximum absolute atomic E-state index is 13.0. The third kappa shape index (κ3) is 3.20. The molecule has 0 bridgehead atoms. The zero-order chi connectivity index (χ0) is 13.9. The fourth-order valence-corrected chi connectivity index (χ4v) is 2.90. The van der Waals surface area contributed by atoms with Crippen molar-refractivity contribution in [2.75, 3.05) is 31.0 Å². The van der Waals surface area contributed by atoms with E-state index in [1.54, 1.807) is 6.07 Å². The van der Waals surface area contributed by atoms with E-state index in [1.807, 2.05) is 0 Å². The fourth-order valence-electron chi connectivity index (χ4n) is 1.69. The summed E-state index contributed by atoms with van der Waals surface area (Å²) in [7, 11) is -3.75. The van der Waals surface area contributed by atoms with Crippen molar-refractivity contribution in [1.29, 1.82) is 5.26 Å². The van der Waals surface area contributed by atoms with Crippen molar-refractivity contribution in [2.24, 2.45) is 0 Å². The summed E-state index contributed by atoms with van der Waals surface area (Å²) >= 11 is 0. The highest BCUT2D eigenvalue weighted by Crippen LogP contribution is 2.19. The van der Waals surface area contributed by atoms with Crippen LogP contribution in [-0.2, 0) is 14.9 Å². The summed E-state index contributed by atoms with van der Waals surface area (Å²) in [5, 5.41) is 8.86. The summed E-state index contributed by atoms with van der Waals surface area (Å²) in [6, 6.07) is 5.06. The molecule has 1 aromatic rings. The standard InChI is InChI=1S/C11H12FN3O3S/c12-10-1-2-11(9(7-10)8-13)14-19(16,17)15-3-5-18-6-4-15/h1-2,7,14H,3-6H2. The largest absolute Gasteiger partial charge is 0.379 e. The number of hydrogen-bond acceptors (Lipinski definition) is 4. The van der Waals surface area contributed by atoms with Crippen molar-refractivity contribution in [1.82, 2.24) is 4.31 Å². The van der Waals surface area contributed by atoms with Crippen LogP contribution in [0.2, 0.25) is 0 Å². The van der Waals surface area contributed by atoms with Crippen molar-refractivity contribution in [3.63, 3.8) is 0 Å². The van der Waals surface area contributed by atoms with Crippen molar-refractivity contribution >= 4 is 15.9 Å². The summed E-state index contributed by atoms with van der Waals surface area (Å²) in [6.07, 6.45) is 0. The first-order valence-electron chi connectivity index (χ1n) is 5.58. The van der Waals surface area contributed by atoms with Gasteiger partial charge in [0.1, 0.15) is 11.9 Å². The molecule has 0 atom stereocenters. The van der Waals surface area contributed by atoms with Crippen LogP contribution in [0.3, 0.4) is 0 Å². The average molecular weight is 285 g/mol. The van der Waals surface area contributed by atoms with Crippen LogP contribution < -0.4 is 4.72 Å². The van der Waals surface area contributed by atoms with Gasteiger partial charge in [-0.2, -0.15) is 18.0 Å². The van der Waals surface area contributed by atoms with E-state index in [-0.39, 0.29) is 24.3 Å². The van der Waals surface area contributed by atoms with E-state index < -0.39 is 16.0 Å². The smallest absolute Gasteiger partial charge is 0.301 e. The molecule has 1 heterocycles. The molecule has 1 aliphatic rings. The highest BCUT2D eigenvalue weighted by molar-refractivity contribution is 7.90. The molecule has 1 aliphatic heterocycles. The number of ether oxygens (including phenoxy) is 1. The van der Waals surface area contributed by atoms with Crippen molar-refractivity contribution in [3.05, 3.63) is 29.6 Å². The second-order valence-corrected chi connectivity index (χ2v) is 5.59. The molecule has 1 aromatic carbocycles. The first-order valence-corrected chi connectivity index (χ1v) is 7.02. The van der Waals surface area contributed by atoms with Gasteiger partial charge in [0.05, 0.1) is 24.5 Å². The highest BCUT2D eigenvalue weighted by atomic mass is 32.2. The van der Waals surface area contributed by atoms with E-state index in [4.69, 9.17) is 10.00 Å². The first kappa shape index (κ1) is 13.7. The number of halogens is 1. The number of hydrogen-bond donors (Lipinski definition) is 1. The predicted octanol–water partition coefficient (Wildman–Crippen LogP) is 0.686. The van der Waals surface area contributed by atoms with Crippen molar-refractivity contribution in [2.45, 2.75) is 0 Å². The lowest BCUT2D eigenvalue weighted by Crippen LogP contribution is -2.43. The number of anilines is 1. The Balaban J connectivity index is 2.23. The molecule has 0 aromatic heterocycles. The Bertz CT molecular complexity index is 606. The number of morpholine rings is 1. The molecule has 0 amide bonds. The number of rotatable bonds is 3. The number of nitriles is 1. The van der Waals surface area contributed by atoms with E-state index in [9.17, 15) is 12.8 Å². The van der Waals surface area contributed by atoms with Crippen LogP contribution in [0, 0.1) is 17.1 Å². The monoisotopic (exact) mass is 285 g/mol. The SMILES string of the molecule is N#Cc1cc(F)ccc1NS(=O)(=O)N1CCOCC1. The Hall–Kier alpha value is -1.69. The molecule has 2 rings (SSSR count). The number of nitrogens with one attached hydrogen (secondary N) is 1. The molecule has 0 aliphatic carbocycles. The Kier molecular flexibility index (Phi) is 3.99. The Morgan fingerprint density at radius 3 is 2.68 bits per heavy atom. The van der Waals surface area contributed by atoms with Crippen molar-refractivity contribution < 1.29 is 17.5 Å². The van der Waals surface area contributed by atoms with E-state index in [2.05, 4.69) is 4.72 Å². The Morgan fingerprint density at radius 1 is 1.37 bits per heavy atom. The second kappa shape index (κ2) is 5.52. The molecule has 0 radical (unpaired) electrons. The zero-order valence-corrected chi connectivity index (χ0v) is 10.8. The average Bonchev–Trinajstić information content (AvgIpc) is 2.41. The topological polar surface area (TPSA) is 82.4 Å². The second-order valence-electron chi connectivity index (χ2n) is 3.92. The maximum Gasteiger partial charge on any atom is 0.301 e. The third-order valence-corrected chi connectivity index (χ3v) is 4.17. The third-order valence-electron chi connectivity index (χ3n) is 2.65. The van der Waals surface area contributed by atoms with Gasteiger partial charge in [0.25, 0.3) is 0 Å². The summed E-state index contributed by atoms with van der Waals surface area (Å²) < 4.78 is 45.7. The van der Waals surface area contributed by atoms with Gasteiger partial charge in [-0.25, -0.2) is 4.39 Å². The van der Waals surface area contributed by atoms with Gasteiger partial charge in [-0.1, -0.05) is 0 Å². The van der Waals surface area contributed by atoms with Gasteiger partial charge in [-0.3, -0.25) is 4.72 Å². The Labute approximate surface area is 110 Å². The van der Waals surface area contributed by atoms with E-state index >= 15 is 0 Å². The number of nitrogens with zero attached hydrogens (tertiary/aromatic N) is 2. The summed E-state index contributed by atoms with van der Waals surface area (Å²) in [6.45, 7) is 1.15. The zero-order valence-electron chi connectivity index (χ0n) is 9.97. The van der Waals surface area contributed by atoms with Crippen LogP contribution in [-0.4, -0.2) is 39.0 Å². The molecule has 1 saturated heterocycles. The van der Waals surface area contributed by atoms with Crippen LogP contribution >= 0.6 is 0 Å². The molecule has 6 nitrogen and oxygen atoms in total. The van der Waals surface area contributed by atoms with Crippen LogP contribution in [0.25, 0.3) is 0 Å². The lowest BCUT2D eigenvalue weighted by molar-refractivity contribution is 0.0733. The maximum atomic E-state index is 13.0. The van der Waals surface area contributed by atoms with Crippen LogP contribution in [0.15, 0.2) is 18.2 Å². The molecule has 0 saturated carbocycles. The van der Waals surface area contributed by atoms with Gasteiger partial charge >= 0.3 is 10.2 Å². The van der Waals surface area contributed by atoms with Gasteiger partial charge < -0.3 is 4.74 Å². The van der Waals surface area contributed by atoms with Gasteiger partial charge in [0.2, 0.25) is 0 Å². The van der Waals surface area contributed by atoms with Crippen LogP contribution in [0.4, 0.5) is 10.1 Å². The lowest BCUT2D eigenvalue weighted by Gasteiger charge is -2.26. The molecule has 0 spiro atoms. The van der Waals surface area contributed by atoms with Crippen molar-refractivity contribution in [3.8, 4) is 6.07 Å². The summed E-state index contributed by atoms with van der Waals surface area (Å²) in [4.78, 5) is 0. The summed E-state index contributed by atoms with van der Waals surface area (Å²) in [5.41, 5.74) is 0.00669. The normalized spacial score (nSPS) is 16.8. The summed E-state index contributed by atoms with van der Waals surface area (Å²) in [5.74, 6) is -0.592. The van der Waals surface area contributed by atoms with E-state index in [0.29, 0.717) is 13.2 Å². The Morgan fingerprint density at radius 2 is 2.05 bits per heavy atom. The predicted molar refractivity (Wildman–Crippen MR) is 66.0 cm³/mol. The van der Waals surface area contributed by atoms with Gasteiger partial charge in [0, 0.05) is 13.1 Å². The van der Waals surface area contributed by atoms with Gasteiger partial charge in [0.15, 0.2) is 0 Å². The molecule has 1 fully saturated rings. The minimum Gasteiger partial charge on any atom is -0.379 e. The van der Waals surface area contributed by atoms with Crippen LogP contribution in [0.1, 0.15) is 5.56 Å². The lowest BCUT2D eigenvalue weighted by atomic mass is 10.2. The number of benzene rings is 1. The molecular weight excluding hydrogens is 273 g/mol. The quantitative estimate of drug-likeness (QED) is 0.885.